The third kappa shape index (κ3) is 4.77. The molecule has 2 unspecified atom stereocenters. The molecule has 0 bridgehead atoms. The molecule has 0 aliphatic carbocycles. The topological polar surface area (TPSA) is 51.2 Å². The molecule has 35 heavy (non-hydrogen) atoms. The van der Waals surface area contributed by atoms with Crippen molar-refractivity contribution in [1.82, 2.24) is 4.90 Å². The molecule has 2 aromatic rings. The molecule has 0 aromatic heterocycles. The number of methoxy groups -OCH3 is 1. The number of alkyl halides is 3. The first-order valence-electron chi connectivity index (χ1n) is 11.8. The molecule has 0 spiro atoms. The van der Waals surface area contributed by atoms with Crippen molar-refractivity contribution in [1.29, 1.82) is 0 Å². The van der Waals surface area contributed by atoms with Crippen LogP contribution in [0.1, 0.15) is 21.5 Å². The Bertz CT molecular complexity index is 1020. The van der Waals surface area contributed by atoms with Gasteiger partial charge in [0.15, 0.2) is 0 Å². The van der Waals surface area contributed by atoms with Gasteiger partial charge < -0.3 is 24.0 Å². The summed E-state index contributed by atoms with van der Waals surface area (Å²) in [6.07, 6.45) is -4.33. The fraction of sp³-hybridized carbons (Fsp3) is 0.500. The summed E-state index contributed by atoms with van der Waals surface area (Å²) in [6.45, 7) is 4.72. The predicted octanol–water partition coefficient (Wildman–Crippen LogP) is 3.80. The molecule has 2 atom stereocenters. The largest absolute Gasteiger partial charge is 0.416 e. The Morgan fingerprint density at radius 1 is 0.971 bits per heavy atom. The average Bonchev–Trinajstić information content (AvgIpc) is 3.40. The molecule has 0 N–H and O–H groups in total. The normalized spacial score (nSPS) is 23.3. The summed E-state index contributed by atoms with van der Waals surface area (Å²) in [6, 6.07) is 12.9. The molecule has 3 aliphatic rings. The number of ether oxygens (including phenoxy) is 3. The van der Waals surface area contributed by atoms with Gasteiger partial charge in [-0.2, -0.15) is 13.2 Å². The maximum atomic E-state index is 13.1. The minimum atomic E-state index is -4.33. The van der Waals surface area contributed by atoms with Crippen molar-refractivity contribution in [3.05, 3.63) is 65.2 Å². The number of anilines is 1. The number of fused-ring (bicyclic) bond motifs is 1. The number of halogens is 3. The van der Waals surface area contributed by atoms with E-state index in [0.29, 0.717) is 56.9 Å². The third-order valence-corrected chi connectivity index (χ3v) is 7.33. The molecule has 0 radical (unpaired) electrons. The number of rotatable bonds is 7. The summed E-state index contributed by atoms with van der Waals surface area (Å²) in [7, 11) is 1.63. The molecule has 188 valence electrons. The van der Waals surface area contributed by atoms with E-state index in [9.17, 15) is 18.0 Å². The van der Waals surface area contributed by atoms with E-state index < -0.39 is 17.3 Å². The molecule has 2 aromatic carbocycles. The van der Waals surface area contributed by atoms with Crippen LogP contribution in [0.4, 0.5) is 18.9 Å². The van der Waals surface area contributed by atoms with Gasteiger partial charge in [0.05, 0.1) is 32.0 Å². The third-order valence-electron chi connectivity index (χ3n) is 7.33. The van der Waals surface area contributed by atoms with E-state index in [1.807, 2.05) is 29.2 Å². The summed E-state index contributed by atoms with van der Waals surface area (Å²) in [5, 5.41) is 0. The lowest BCUT2D eigenvalue weighted by Gasteiger charge is -2.41. The average molecular weight is 491 g/mol. The minimum Gasteiger partial charge on any atom is -0.382 e. The van der Waals surface area contributed by atoms with Gasteiger partial charge in [0.1, 0.15) is 5.60 Å². The predicted molar refractivity (Wildman–Crippen MR) is 123 cm³/mol. The van der Waals surface area contributed by atoms with Gasteiger partial charge in [0.25, 0.3) is 5.91 Å². The van der Waals surface area contributed by atoms with Gasteiger partial charge in [-0.05, 0) is 42.0 Å². The second kappa shape index (κ2) is 9.44. The maximum absolute atomic E-state index is 13.1. The fourth-order valence-electron chi connectivity index (χ4n) is 5.27. The van der Waals surface area contributed by atoms with E-state index >= 15 is 0 Å². The first kappa shape index (κ1) is 24.1. The van der Waals surface area contributed by atoms with Crippen molar-refractivity contribution < 1.29 is 32.2 Å². The summed E-state index contributed by atoms with van der Waals surface area (Å²) in [4.78, 5) is 17.2. The SMILES string of the molecule is COCCOC1(c2ccc(C(=O)N3CC4CN(c5ccc(C(F)(F)F)cc5)CC4C3)cc2)COC1. The van der Waals surface area contributed by atoms with Crippen LogP contribution in [0.15, 0.2) is 48.5 Å². The van der Waals surface area contributed by atoms with Crippen molar-refractivity contribution in [3.63, 3.8) is 0 Å². The fourth-order valence-corrected chi connectivity index (χ4v) is 5.27. The molecular formula is C26H29F3N2O4. The zero-order valence-electron chi connectivity index (χ0n) is 19.6. The van der Waals surface area contributed by atoms with Gasteiger partial charge in [0, 0.05) is 56.4 Å². The first-order valence-corrected chi connectivity index (χ1v) is 11.8. The highest BCUT2D eigenvalue weighted by Crippen LogP contribution is 2.37. The summed E-state index contributed by atoms with van der Waals surface area (Å²) in [5.41, 5.74) is 1.30. The van der Waals surface area contributed by atoms with Crippen LogP contribution in [0.25, 0.3) is 0 Å². The van der Waals surface area contributed by atoms with Gasteiger partial charge in [-0.25, -0.2) is 0 Å². The highest BCUT2D eigenvalue weighted by molar-refractivity contribution is 5.94. The zero-order valence-corrected chi connectivity index (χ0v) is 19.6. The summed E-state index contributed by atoms with van der Waals surface area (Å²) in [5.74, 6) is 0.626. The highest BCUT2D eigenvalue weighted by Gasteiger charge is 2.43. The van der Waals surface area contributed by atoms with Crippen LogP contribution in [0.5, 0.6) is 0 Å². The van der Waals surface area contributed by atoms with Gasteiger partial charge in [-0.1, -0.05) is 12.1 Å². The lowest BCUT2D eigenvalue weighted by Crippen LogP contribution is -2.49. The number of hydrogen-bond donors (Lipinski definition) is 0. The van der Waals surface area contributed by atoms with Gasteiger partial charge in [-0.15, -0.1) is 0 Å². The van der Waals surface area contributed by atoms with E-state index in [1.165, 1.54) is 12.1 Å². The van der Waals surface area contributed by atoms with Crippen LogP contribution < -0.4 is 4.90 Å². The minimum absolute atomic E-state index is 0.00578. The molecule has 0 saturated carbocycles. The Hall–Kier alpha value is -2.62. The Morgan fingerprint density at radius 3 is 2.11 bits per heavy atom. The number of amides is 1. The smallest absolute Gasteiger partial charge is 0.382 e. The van der Waals surface area contributed by atoms with E-state index in [2.05, 4.69) is 4.90 Å². The van der Waals surface area contributed by atoms with Crippen molar-refractivity contribution >= 4 is 11.6 Å². The lowest BCUT2D eigenvalue weighted by atomic mass is 9.91. The number of likely N-dealkylation sites (tertiary alicyclic amines) is 1. The molecule has 3 aliphatic heterocycles. The number of benzene rings is 2. The van der Waals surface area contributed by atoms with Crippen LogP contribution in [0.2, 0.25) is 0 Å². The van der Waals surface area contributed by atoms with Crippen molar-refractivity contribution in [2.75, 3.05) is 64.6 Å². The number of carbonyl (C=O) groups is 1. The quantitative estimate of drug-likeness (QED) is 0.553. The van der Waals surface area contributed by atoms with Crippen LogP contribution in [0.3, 0.4) is 0 Å². The van der Waals surface area contributed by atoms with Crippen molar-refractivity contribution in [2.45, 2.75) is 11.8 Å². The number of nitrogens with zero attached hydrogens (tertiary/aromatic N) is 2. The van der Waals surface area contributed by atoms with E-state index in [4.69, 9.17) is 14.2 Å². The molecule has 1 amide bonds. The Labute approximate surface area is 202 Å². The second-order valence-electron chi connectivity index (χ2n) is 9.59. The summed E-state index contributed by atoms with van der Waals surface area (Å²) < 4.78 is 55.0. The Morgan fingerprint density at radius 2 is 1.60 bits per heavy atom. The molecule has 3 fully saturated rings. The first-order chi connectivity index (χ1) is 16.8. The number of carbonyl (C=O) groups excluding carboxylic acids is 1. The summed E-state index contributed by atoms with van der Waals surface area (Å²) >= 11 is 0. The van der Waals surface area contributed by atoms with Crippen molar-refractivity contribution in [3.8, 4) is 0 Å². The highest BCUT2D eigenvalue weighted by atomic mass is 19.4. The van der Waals surface area contributed by atoms with Gasteiger partial charge in [0.2, 0.25) is 0 Å². The van der Waals surface area contributed by atoms with Crippen LogP contribution >= 0.6 is 0 Å². The van der Waals surface area contributed by atoms with Gasteiger partial charge >= 0.3 is 6.18 Å². The van der Waals surface area contributed by atoms with Crippen LogP contribution in [0, 0.1) is 11.8 Å². The van der Waals surface area contributed by atoms with Crippen molar-refractivity contribution in [2.24, 2.45) is 11.8 Å². The molecule has 3 heterocycles. The molecule has 9 heteroatoms. The zero-order chi connectivity index (χ0) is 24.6. The molecule has 3 saturated heterocycles. The van der Waals surface area contributed by atoms with E-state index in [1.54, 1.807) is 7.11 Å². The molecular weight excluding hydrogens is 461 g/mol. The lowest BCUT2D eigenvalue weighted by molar-refractivity contribution is -0.220. The van der Waals surface area contributed by atoms with E-state index in [-0.39, 0.29) is 5.91 Å². The maximum Gasteiger partial charge on any atom is 0.416 e. The van der Waals surface area contributed by atoms with Crippen LogP contribution in [-0.4, -0.2) is 70.5 Å². The molecule has 6 nitrogen and oxygen atoms in total. The Kier molecular flexibility index (Phi) is 6.50. The monoisotopic (exact) mass is 490 g/mol. The Balaban J connectivity index is 1.18. The van der Waals surface area contributed by atoms with Crippen LogP contribution in [-0.2, 0) is 26.0 Å². The van der Waals surface area contributed by atoms with E-state index in [0.717, 1.165) is 36.5 Å². The molecule has 5 rings (SSSR count). The standard InChI is InChI=1S/C26H29F3N2O4/c1-33-10-11-35-25(16-34-17-25)21-4-2-18(3-5-21)24(32)31-14-19-12-30(13-20(19)15-31)23-8-6-22(7-9-23)26(27,28)29/h2-9,19-20H,10-17H2,1H3. The number of hydrogen-bond acceptors (Lipinski definition) is 5. The second-order valence-corrected chi connectivity index (χ2v) is 9.59. The van der Waals surface area contributed by atoms with Gasteiger partial charge in [-0.3, -0.25) is 4.79 Å².